The molecule has 0 spiro atoms. The van der Waals surface area contributed by atoms with E-state index in [9.17, 15) is 9.59 Å². The number of rotatable bonds is 2. The number of hydrogen-bond donors (Lipinski definition) is 3. The second-order valence-electron chi connectivity index (χ2n) is 3.80. The molecule has 0 saturated heterocycles. The third-order valence-electron chi connectivity index (χ3n) is 2.34. The summed E-state index contributed by atoms with van der Waals surface area (Å²) in [5.41, 5.74) is 0.639. The van der Waals surface area contributed by atoms with Crippen molar-refractivity contribution in [2.75, 3.05) is 10.6 Å². The maximum atomic E-state index is 11.7. The zero-order chi connectivity index (χ0) is 14.5. The molecule has 0 atom stereocenters. The fourth-order valence-corrected chi connectivity index (χ4v) is 1.56. The molecule has 0 fully saturated rings. The second-order valence-corrected chi connectivity index (χ2v) is 4.15. The van der Waals surface area contributed by atoms with Gasteiger partial charge in [-0.1, -0.05) is 11.6 Å². The number of aromatic hydroxyl groups is 1. The van der Waals surface area contributed by atoms with E-state index >= 15 is 0 Å². The van der Waals surface area contributed by atoms with E-state index in [0.29, 0.717) is 5.69 Å². The lowest BCUT2D eigenvalue weighted by Gasteiger charge is -2.07. The Bertz CT molecular complexity index is 644. The smallest absolute Gasteiger partial charge is 0.314 e. The summed E-state index contributed by atoms with van der Waals surface area (Å²) in [6, 6.07) is 8.84. The summed E-state index contributed by atoms with van der Waals surface area (Å²) in [6.45, 7) is 0. The highest BCUT2D eigenvalue weighted by Gasteiger charge is 2.15. The largest absolute Gasteiger partial charge is 0.508 e. The van der Waals surface area contributed by atoms with E-state index in [2.05, 4.69) is 15.6 Å². The number of anilines is 2. The minimum absolute atomic E-state index is 0.0644. The Morgan fingerprint density at radius 2 is 1.70 bits per heavy atom. The van der Waals surface area contributed by atoms with Gasteiger partial charge in [-0.05, 0) is 36.4 Å². The topological polar surface area (TPSA) is 91.3 Å². The van der Waals surface area contributed by atoms with Crippen LogP contribution in [0.5, 0.6) is 5.75 Å². The third-order valence-corrected chi connectivity index (χ3v) is 2.64. The molecule has 3 N–H and O–H groups in total. The van der Waals surface area contributed by atoms with Crippen LogP contribution in [-0.2, 0) is 9.59 Å². The van der Waals surface area contributed by atoms with Gasteiger partial charge in [-0.3, -0.25) is 9.59 Å². The Balaban J connectivity index is 2.01. The first-order chi connectivity index (χ1) is 9.56. The van der Waals surface area contributed by atoms with Crippen molar-refractivity contribution in [3.8, 4) is 5.75 Å². The molecule has 7 heteroatoms. The van der Waals surface area contributed by atoms with Crippen molar-refractivity contribution >= 4 is 34.8 Å². The summed E-state index contributed by atoms with van der Waals surface area (Å²) in [6.07, 6.45) is 1.47. The van der Waals surface area contributed by atoms with Crippen molar-refractivity contribution in [1.82, 2.24) is 4.98 Å². The Labute approximate surface area is 119 Å². The van der Waals surface area contributed by atoms with E-state index in [1.165, 1.54) is 36.5 Å². The van der Waals surface area contributed by atoms with Gasteiger partial charge >= 0.3 is 11.8 Å². The molecular formula is C13H10ClN3O3. The maximum Gasteiger partial charge on any atom is 0.314 e. The molecule has 0 unspecified atom stereocenters. The van der Waals surface area contributed by atoms with Crippen LogP contribution in [-0.4, -0.2) is 21.9 Å². The molecular weight excluding hydrogens is 282 g/mol. The lowest BCUT2D eigenvalue weighted by Crippen LogP contribution is -2.29. The number of halogens is 1. The normalized spacial score (nSPS) is 9.85. The first-order valence-corrected chi connectivity index (χ1v) is 5.96. The van der Waals surface area contributed by atoms with Crippen LogP contribution in [0.4, 0.5) is 11.4 Å². The molecule has 0 aliphatic rings. The maximum absolute atomic E-state index is 11.7. The number of nitrogens with zero attached hydrogens (tertiary/aromatic N) is 1. The minimum atomic E-state index is -0.868. The van der Waals surface area contributed by atoms with Crippen LogP contribution in [0.2, 0.25) is 5.15 Å². The lowest BCUT2D eigenvalue weighted by molar-refractivity contribution is -0.133. The van der Waals surface area contributed by atoms with Gasteiger partial charge in [0.1, 0.15) is 5.75 Å². The van der Waals surface area contributed by atoms with Gasteiger partial charge in [0.25, 0.3) is 0 Å². The summed E-state index contributed by atoms with van der Waals surface area (Å²) < 4.78 is 0. The number of carbonyl (C=O) groups excluding carboxylic acids is 2. The average Bonchev–Trinajstić information content (AvgIpc) is 2.44. The molecule has 0 aliphatic carbocycles. The molecule has 0 aliphatic heterocycles. The average molecular weight is 292 g/mol. The number of pyridine rings is 1. The van der Waals surface area contributed by atoms with E-state index in [1.54, 1.807) is 6.07 Å². The van der Waals surface area contributed by atoms with Crippen molar-refractivity contribution in [1.29, 1.82) is 0 Å². The lowest BCUT2D eigenvalue weighted by atomic mass is 10.3. The molecule has 2 amide bonds. The standard InChI is InChI=1S/C13H10ClN3O3/c14-11-10(2-1-7-15-11)17-13(20)12(19)16-8-3-5-9(18)6-4-8/h1-7,18H,(H,16,19)(H,17,20). The van der Waals surface area contributed by atoms with Gasteiger partial charge in [-0.2, -0.15) is 0 Å². The van der Waals surface area contributed by atoms with Gasteiger partial charge in [0.05, 0.1) is 5.69 Å². The monoisotopic (exact) mass is 291 g/mol. The second kappa shape index (κ2) is 6.03. The highest BCUT2D eigenvalue weighted by atomic mass is 35.5. The molecule has 6 nitrogen and oxygen atoms in total. The fourth-order valence-electron chi connectivity index (χ4n) is 1.39. The molecule has 102 valence electrons. The molecule has 0 bridgehead atoms. The van der Waals surface area contributed by atoms with Gasteiger partial charge in [0.15, 0.2) is 5.15 Å². The van der Waals surface area contributed by atoms with Gasteiger partial charge in [0.2, 0.25) is 0 Å². The van der Waals surface area contributed by atoms with E-state index in [1.807, 2.05) is 0 Å². The number of phenolic OH excluding ortho intramolecular Hbond substituents is 1. The minimum Gasteiger partial charge on any atom is -0.508 e. The van der Waals surface area contributed by atoms with E-state index in [-0.39, 0.29) is 16.6 Å². The Morgan fingerprint density at radius 1 is 1.05 bits per heavy atom. The van der Waals surface area contributed by atoms with Crippen molar-refractivity contribution in [2.24, 2.45) is 0 Å². The summed E-state index contributed by atoms with van der Waals surface area (Å²) >= 11 is 5.77. The first kappa shape index (κ1) is 13.8. The van der Waals surface area contributed by atoms with Crippen LogP contribution in [0.25, 0.3) is 0 Å². The third kappa shape index (κ3) is 3.46. The summed E-state index contributed by atoms with van der Waals surface area (Å²) in [4.78, 5) is 27.1. The van der Waals surface area contributed by atoms with Gasteiger partial charge in [0, 0.05) is 11.9 Å². The number of hydrogen-bond acceptors (Lipinski definition) is 4. The van der Waals surface area contributed by atoms with Gasteiger partial charge < -0.3 is 15.7 Å². The van der Waals surface area contributed by atoms with Crippen LogP contribution in [0.1, 0.15) is 0 Å². The molecule has 20 heavy (non-hydrogen) atoms. The zero-order valence-electron chi connectivity index (χ0n) is 10.1. The SMILES string of the molecule is O=C(Nc1ccc(O)cc1)C(=O)Nc1cccnc1Cl. The highest BCUT2D eigenvalue weighted by molar-refractivity contribution is 6.44. The fraction of sp³-hybridized carbons (Fsp3) is 0. The number of phenols is 1. The quantitative estimate of drug-likeness (QED) is 0.448. The Hall–Kier alpha value is -2.60. The molecule has 2 rings (SSSR count). The highest BCUT2D eigenvalue weighted by Crippen LogP contribution is 2.17. The van der Waals surface area contributed by atoms with Gasteiger partial charge in [-0.25, -0.2) is 4.98 Å². The Morgan fingerprint density at radius 3 is 2.35 bits per heavy atom. The zero-order valence-corrected chi connectivity index (χ0v) is 10.9. The number of carbonyl (C=O) groups is 2. The van der Waals surface area contributed by atoms with E-state index in [0.717, 1.165) is 0 Å². The number of nitrogens with one attached hydrogen (secondary N) is 2. The number of benzene rings is 1. The predicted molar refractivity (Wildman–Crippen MR) is 74.6 cm³/mol. The summed E-state index contributed by atoms with van der Waals surface area (Å²) in [5.74, 6) is -1.65. The summed E-state index contributed by atoms with van der Waals surface area (Å²) in [7, 11) is 0. The molecule has 0 saturated carbocycles. The van der Waals surface area contributed by atoms with Crippen LogP contribution in [0.15, 0.2) is 42.6 Å². The van der Waals surface area contributed by atoms with Crippen LogP contribution in [0.3, 0.4) is 0 Å². The van der Waals surface area contributed by atoms with E-state index < -0.39 is 11.8 Å². The first-order valence-electron chi connectivity index (χ1n) is 5.58. The van der Waals surface area contributed by atoms with E-state index in [4.69, 9.17) is 16.7 Å². The van der Waals surface area contributed by atoms with Crippen molar-refractivity contribution in [2.45, 2.75) is 0 Å². The van der Waals surface area contributed by atoms with Crippen molar-refractivity contribution < 1.29 is 14.7 Å². The number of amides is 2. The predicted octanol–water partition coefficient (Wildman–Crippen LogP) is 2.02. The van der Waals surface area contributed by atoms with Crippen LogP contribution >= 0.6 is 11.6 Å². The molecule has 2 aromatic rings. The van der Waals surface area contributed by atoms with Crippen molar-refractivity contribution in [3.63, 3.8) is 0 Å². The van der Waals surface area contributed by atoms with Crippen LogP contribution < -0.4 is 10.6 Å². The molecule has 1 heterocycles. The number of aromatic nitrogens is 1. The summed E-state index contributed by atoms with van der Waals surface area (Å²) in [5, 5.41) is 13.9. The molecule has 1 aromatic heterocycles. The van der Waals surface area contributed by atoms with Crippen molar-refractivity contribution in [3.05, 3.63) is 47.7 Å². The molecule has 1 aromatic carbocycles. The molecule has 0 radical (unpaired) electrons. The Kier molecular flexibility index (Phi) is 4.17. The van der Waals surface area contributed by atoms with Gasteiger partial charge in [-0.15, -0.1) is 0 Å². The van der Waals surface area contributed by atoms with Crippen LogP contribution in [0, 0.1) is 0 Å².